The second kappa shape index (κ2) is 5.27. The molecule has 2 N–H and O–H groups in total. The van der Waals surface area contributed by atoms with E-state index in [1.807, 2.05) is 0 Å². The van der Waals surface area contributed by atoms with E-state index in [1.54, 1.807) is 46.0 Å². The highest BCUT2D eigenvalue weighted by Gasteiger charge is 2.26. The molecule has 1 rings (SSSR count). The largest absolute Gasteiger partial charge is 0.348 e. The summed E-state index contributed by atoms with van der Waals surface area (Å²) in [4.78, 5) is 11.9. The van der Waals surface area contributed by atoms with Gasteiger partial charge in [-0.05, 0) is 33.9 Å². The molecule has 0 radical (unpaired) electrons. The van der Waals surface area contributed by atoms with E-state index >= 15 is 0 Å². The first-order valence-electron chi connectivity index (χ1n) is 5.63. The van der Waals surface area contributed by atoms with E-state index in [2.05, 4.69) is 10.6 Å². The van der Waals surface area contributed by atoms with Gasteiger partial charge in [0.2, 0.25) is 5.91 Å². The summed E-state index contributed by atoms with van der Waals surface area (Å²) in [6.07, 6.45) is 0. The highest BCUT2D eigenvalue weighted by atomic mass is 19.1. The second-order valence-corrected chi connectivity index (χ2v) is 4.59. The van der Waals surface area contributed by atoms with E-state index in [9.17, 15) is 9.18 Å². The number of halogens is 1. The Morgan fingerprint density at radius 2 is 1.94 bits per heavy atom. The molecule has 94 valence electrons. The molecular weight excluding hydrogens is 219 g/mol. The topological polar surface area (TPSA) is 41.1 Å². The molecule has 1 aromatic rings. The van der Waals surface area contributed by atoms with Crippen molar-refractivity contribution in [3.63, 3.8) is 0 Å². The Morgan fingerprint density at radius 3 is 2.47 bits per heavy atom. The molecule has 0 saturated heterocycles. The third-order valence-electron chi connectivity index (χ3n) is 2.91. The number of likely N-dealkylation sites (N-methyl/N-ethyl adjacent to an activating group) is 1. The standard InChI is InChI=1S/C13H19FN2O/c1-9(10-7-5-6-8-11(10)14)16-12(17)13(2,3)15-4/h5-9,15H,1-4H3,(H,16,17)/t9-/m1/s1. The van der Waals surface area contributed by atoms with Gasteiger partial charge in [-0.25, -0.2) is 4.39 Å². The van der Waals surface area contributed by atoms with Gasteiger partial charge in [0.05, 0.1) is 11.6 Å². The maximum absolute atomic E-state index is 13.5. The van der Waals surface area contributed by atoms with Crippen LogP contribution in [0.1, 0.15) is 32.4 Å². The van der Waals surface area contributed by atoms with Gasteiger partial charge in [0.25, 0.3) is 0 Å². The summed E-state index contributed by atoms with van der Waals surface area (Å²) in [6, 6.07) is 6.10. The van der Waals surface area contributed by atoms with Gasteiger partial charge in [0, 0.05) is 5.56 Å². The fourth-order valence-corrected chi connectivity index (χ4v) is 1.39. The van der Waals surface area contributed by atoms with Gasteiger partial charge >= 0.3 is 0 Å². The van der Waals surface area contributed by atoms with Gasteiger partial charge in [-0.2, -0.15) is 0 Å². The van der Waals surface area contributed by atoms with Crippen molar-refractivity contribution in [3.8, 4) is 0 Å². The smallest absolute Gasteiger partial charge is 0.240 e. The molecule has 3 nitrogen and oxygen atoms in total. The van der Waals surface area contributed by atoms with E-state index in [0.29, 0.717) is 5.56 Å². The lowest BCUT2D eigenvalue weighted by atomic mass is 10.0. The van der Waals surface area contributed by atoms with Crippen LogP contribution in [0, 0.1) is 5.82 Å². The minimum absolute atomic E-state index is 0.157. The van der Waals surface area contributed by atoms with Crippen LogP contribution >= 0.6 is 0 Å². The summed E-state index contributed by atoms with van der Waals surface area (Å²) in [7, 11) is 1.72. The number of carbonyl (C=O) groups excluding carboxylic acids is 1. The molecule has 17 heavy (non-hydrogen) atoms. The molecule has 0 heterocycles. The van der Waals surface area contributed by atoms with Crippen LogP contribution in [0.15, 0.2) is 24.3 Å². The highest BCUT2D eigenvalue weighted by molar-refractivity contribution is 5.85. The molecule has 0 aliphatic heterocycles. The Labute approximate surface area is 101 Å². The zero-order chi connectivity index (χ0) is 13.1. The molecule has 0 saturated carbocycles. The van der Waals surface area contributed by atoms with Crippen molar-refractivity contribution in [1.82, 2.24) is 10.6 Å². The molecule has 0 spiro atoms. The molecule has 0 unspecified atom stereocenters. The van der Waals surface area contributed by atoms with Crippen molar-refractivity contribution in [3.05, 3.63) is 35.6 Å². The summed E-state index contributed by atoms with van der Waals surface area (Å²) in [5.74, 6) is -0.460. The maximum atomic E-state index is 13.5. The molecular formula is C13H19FN2O. The maximum Gasteiger partial charge on any atom is 0.240 e. The van der Waals surface area contributed by atoms with Gasteiger partial charge in [-0.1, -0.05) is 18.2 Å². The summed E-state index contributed by atoms with van der Waals surface area (Å²) >= 11 is 0. The first kappa shape index (κ1) is 13.6. The average Bonchev–Trinajstić information content (AvgIpc) is 2.29. The van der Waals surface area contributed by atoms with Crippen molar-refractivity contribution in [2.45, 2.75) is 32.4 Å². The minimum Gasteiger partial charge on any atom is -0.348 e. The van der Waals surface area contributed by atoms with Crippen LogP contribution in [0.4, 0.5) is 4.39 Å². The molecule has 1 aromatic carbocycles. The van der Waals surface area contributed by atoms with Crippen LogP contribution in [0.2, 0.25) is 0 Å². The van der Waals surface area contributed by atoms with Crippen molar-refractivity contribution in [2.24, 2.45) is 0 Å². The van der Waals surface area contributed by atoms with Crippen LogP contribution in [-0.2, 0) is 4.79 Å². The Hall–Kier alpha value is -1.42. The normalized spacial score (nSPS) is 13.2. The van der Waals surface area contributed by atoms with Gasteiger partial charge < -0.3 is 10.6 Å². The zero-order valence-corrected chi connectivity index (χ0v) is 10.7. The van der Waals surface area contributed by atoms with Gasteiger partial charge in [-0.3, -0.25) is 4.79 Å². The number of amides is 1. The second-order valence-electron chi connectivity index (χ2n) is 4.59. The lowest BCUT2D eigenvalue weighted by Crippen LogP contribution is -2.51. The molecule has 0 bridgehead atoms. The van der Waals surface area contributed by atoms with Gasteiger partial charge in [-0.15, -0.1) is 0 Å². The molecule has 1 amide bonds. The van der Waals surface area contributed by atoms with E-state index in [-0.39, 0.29) is 17.8 Å². The average molecular weight is 238 g/mol. The SMILES string of the molecule is CNC(C)(C)C(=O)N[C@H](C)c1ccccc1F. The third-order valence-corrected chi connectivity index (χ3v) is 2.91. The Kier molecular flexibility index (Phi) is 4.23. The quantitative estimate of drug-likeness (QED) is 0.842. The Bertz CT molecular complexity index is 404. The van der Waals surface area contributed by atoms with Gasteiger partial charge in [0.1, 0.15) is 5.82 Å². The van der Waals surface area contributed by atoms with Crippen molar-refractivity contribution in [1.29, 1.82) is 0 Å². The lowest BCUT2D eigenvalue weighted by molar-refractivity contribution is -0.126. The van der Waals surface area contributed by atoms with Gasteiger partial charge in [0.15, 0.2) is 0 Å². The monoisotopic (exact) mass is 238 g/mol. The summed E-state index contributed by atoms with van der Waals surface area (Å²) in [6.45, 7) is 5.31. The summed E-state index contributed by atoms with van der Waals surface area (Å²) in [5.41, 5.74) is -0.174. The zero-order valence-electron chi connectivity index (χ0n) is 10.7. The molecule has 0 aromatic heterocycles. The number of hydrogen-bond acceptors (Lipinski definition) is 2. The first-order valence-corrected chi connectivity index (χ1v) is 5.63. The molecule has 4 heteroatoms. The Morgan fingerprint density at radius 1 is 1.35 bits per heavy atom. The van der Waals surface area contributed by atoms with Crippen LogP contribution in [-0.4, -0.2) is 18.5 Å². The number of benzene rings is 1. The van der Waals surface area contributed by atoms with Crippen LogP contribution in [0.3, 0.4) is 0 Å². The van der Waals surface area contributed by atoms with Crippen LogP contribution in [0.5, 0.6) is 0 Å². The number of carbonyl (C=O) groups is 1. The fourth-order valence-electron chi connectivity index (χ4n) is 1.39. The Balaban J connectivity index is 2.77. The third kappa shape index (κ3) is 3.27. The number of hydrogen-bond donors (Lipinski definition) is 2. The molecule has 1 atom stereocenters. The minimum atomic E-state index is -0.667. The van der Waals surface area contributed by atoms with E-state index in [0.717, 1.165) is 0 Å². The summed E-state index contributed by atoms with van der Waals surface area (Å²) in [5, 5.41) is 5.69. The predicted molar refractivity (Wildman–Crippen MR) is 66.1 cm³/mol. The van der Waals surface area contributed by atoms with Crippen LogP contribution in [0.25, 0.3) is 0 Å². The lowest BCUT2D eigenvalue weighted by Gasteiger charge is -2.25. The molecule has 0 aliphatic rings. The van der Waals surface area contributed by atoms with Crippen molar-refractivity contribution in [2.75, 3.05) is 7.05 Å². The first-order chi connectivity index (χ1) is 7.88. The number of rotatable bonds is 4. The highest BCUT2D eigenvalue weighted by Crippen LogP contribution is 2.17. The molecule has 0 aliphatic carbocycles. The fraction of sp³-hybridized carbons (Fsp3) is 0.462. The summed E-state index contributed by atoms with van der Waals surface area (Å²) < 4.78 is 13.5. The predicted octanol–water partition coefficient (Wildman–Crippen LogP) is 2.00. The number of nitrogens with one attached hydrogen (secondary N) is 2. The van der Waals surface area contributed by atoms with E-state index in [4.69, 9.17) is 0 Å². The van der Waals surface area contributed by atoms with Crippen LogP contribution < -0.4 is 10.6 Å². The van der Waals surface area contributed by atoms with Crippen molar-refractivity contribution < 1.29 is 9.18 Å². The van der Waals surface area contributed by atoms with E-state index < -0.39 is 5.54 Å². The van der Waals surface area contributed by atoms with E-state index in [1.165, 1.54) is 6.07 Å². The van der Waals surface area contributed by atoms with Crippen molar-refractivity contribution >= 4 is 5.91 Å². The molecule has 0 fully saturated rings.